The normalized spacial score (nSPS) is 20.7. The van der Waals surface area contributed by atoms with Gasteiger partial charge in [0.25, 0.3) is 0 Å². The number of hydrogen-bond acceptors (Lipinski definition) is 5. The zero-order valence-electron chi connectivity index (χ0n) is 22.5. The lowest BCUT2D eigenvalue weighted by molar-refractivity contribution is -0.142. The Kier molecular flexibility index (Phi) is 11.1. The molecule has 1 aliphatic rings. The Morgan fingerprint density at radius 1 is 1.18 bits per heavy atom. The largest absolute Gasteiger partial charge is 0.466 e. The van der Waals surface area contributed by atoms with Crippen molar-refractivity contribution in [2.24, 2.45) is 11.3 Å². The van der Waals surface area contributed by atoms with E-state index < -0.39 is 17.4 Å². The number of nitrogens with one attached hydrogen (secondary N) is 1. The molecule has 0 radical (unpaired) electrons. The summed E-state index contributed by atoms with van der Waals surface area (Å²) in [7, 11) is 3.09. The molecule has 1 saturated heterocycles. The zero-order chi connectivity index (χ0) is 25.5. The molecular formula is C26H47N3O4. The van der Waals surface area contributed by atoms with Gasteiger partial charge in [-0.2, -0.15) is 0 Å². The number of piperidine rings is 1. The predicted molar refractivity (Wildman–Crippen MR) is 133 cm³/mol. The molecule has 2 unspecified atom stereocenters. The molecule has 1 heterocycles. The summed E-state index contributed by atoms with van der Waals surface area (Å²) < 4.78 is 4.82. The highest BCUT2D eigenvalue weighted by Gasteiger charge is 2.40. The Morgan fingerprint density at radius 2 is 1.79 bits per heavy atom. The van der Waals surface area contributed by atoms with E-state index in [0.717, 1.165) is 32.2 Å². The number of likely N-dealkylation sites (N-methyl/N-ethyl adjacent to an activating group) is 1. The first-order valence-corrected chi connectivity index (χ1v) is 12.4. The maximum Gasteiger partial charge on any atom is 0.333 e. The van der Waals surface area contributed by atoms with E-state index in [1.54, 1.807) is 24.9 Å². The summed E-state index contributed by atoms with van der Waals surface area (Å²) in [5.74, 6) is -0.563. The molecule has 0 bridgehead atoms. The third-order valence-corrected chi connectivity index (χ3v) is 6.81. The molecule has 4 atom stereocenters. The summed E-state index contributed by atoms with van der Waals surface area (Å²) in [6.45, 7) is 16.8. The van der Waals surface area contributed by atoms with Gasteiger partial charge in [-0.15, -0.1) is 0 Å². The molecule has 0 saturated carbocycles. The summed E-state index contributed by atoms with van der Waals surface area (Å²) in [6, 6.07) is -0.864. The van der Waals surface area contributed by atoms with Crippen molar-refractivity contribution < 1.29 is 19.1 Å². The minimum Gasteiger partial charge on any atom is -0.466 e. The van der Waals surface area contributed by atoms with Gasteiger partial charge in [0.05, 0.1) is 19.2 Å². The Labute approximate surface area is 201 Å². The molecule has 2 amide bonds. The van der Waals surface area contributed by atoms with Crippen LogP contribution in [0.3, 0.4) is 0 Å². The number of methoxy groups -OCH3 is 1. The lowest BCUT2D eigenvalue weighted by Crippen LogP contribution is -2.60. The van der Waals surface area contributed by atoms with Crippen molar-refractivity contribution in [1.29, 1.82) is 0 Å². The van der Waals surface area contributed by atoms with Crippen LogP contribution in [0.5, 0.6) is 0 Å². The van der Waals surface area contributed by atoms with Gasteiger partial charge in [0.1, 0.15) is 6.04 Å². The van der Waals surface area contributed by atoms with E-state index in [1.165, 1.54) is 7.11 Å². The van der Waals surface area contributed by atoms with E-state index in [-0.39, 0.29) is 29.8 Å². The zero-order valence-corrected chi connectivity index (χ0v) is 22.5. The average molecular weight is 466 g/mol. The van der Waals surface area contributed by atoms with Gasteiger partial charge in [0.2, 0.25) is 11.8 Å². The van der Waals surface area contributed by atoms with Crippen molar-refractivity contribution in [3.8, 4) is 0 Å². The van der Waals surface area contributed by atoms with E-state index >= 15 is 0 Å². The second-order valence-corrected chi connectivity index (χ2v) is 10.8. The smallest absolute Gasteiger partial charge is 0.333 e. The summed E-state index contributed by atoms with van der Waals surface area (Å²) >= 11 is 0. The molecular weight excluding hydrogens is 418 g/mol. The van der Waals surface area contributed by atoms with Crippen molar-refractivity contribution in [1.82, 2.24) is 15.1 Å². The Morgan fingerprint density at radius 3 is 2.27 bits per heavy atom. The number of ether oxygens (including phenoxy) is 1. The van der Waals surface area contributed by atoms with Gasteiger partial charge in [-0.3, -0.25) is 14.5 Å². The number of carbonyl (C=O) groups is 3. The molecule has 7 nitrogen and oxygen atoms in total. The highest BCUT2D eigenvalue weighted by Crippen LogP contribution is 2.26. The molecule has 1 rings (SSSR count). The van der Waals surface area contributed by atoms with Gasteiger partial charge < -0.3 is 15.0 Å². The van der Waals surface area contributed by atoms with Crippen LogP contribution < -0.4 is 5.32 Å². The van der Waals surface area contributed by atoms with Gasteiger partial charge in [0, 0.05) is 18.7 Å². The van der Waals surface area contributed by atoms with E-state index in [1.807, 2.05) is 34.6 Å². The number of nitrogens with zero attached hydrogens (tertiary/aromatic N) is 2. The van der Waals surface area contributed by atoms with E-state index in [9.17, 15) is 14.4 Å². The second-order valence-electron chi connectivity index (χ2n) is 10.8. The molecule has 0 aliphatic carbocycles. The standard InChI is InChI=1S/C26H47N3O4/c1-11-19(5)29-15-13-12-14-20(29)23(30)27-22(26(6,7)8)24(31)28(9)21(17(2)3)16-18(4)25(32)33-10/h16-17,19-22H,11-15H2,1-10H3,(H,27,30)/b18-16+/t19?,20?,21-,22-/m1/s1. The lowest BCUT2D eigenvalue weighted by Gasteiger charge is -2.41. The number of likely N-dealkylation sites (tertiary alicyclic amines) is 1. The number of esters is 1. The van der Waals surface area contributed by atoms with Gasteiger partial charge in [-0.1, -0.05) is 54.0 Å². The average Bonchev–Trinajstić information content (AvgIpc) is 2.77. The maximum absolute atomic E-state index is 13.7. The van der Waals surface area contributed by atoms with E-state index in [4.69, 9.17) is 4.74 Å². The first kappa shape index (κ1) is 29.1. The molecule has 0 aromatic heterocycles. The molecule has 1 fully saturated rings. The van der Waals surface area contributed by atoms with Crippen molar-refractivity contribution in [3.05, 3.63) is 11.6 Å². The van der Waals surface area contributed by atoms with E-state index in [2.05, 4.69) is 24.1 Å². The number of amides is 2. The summed E-state index contributed by atoms with van der Waals surface area (Å²) in [5, 5.41) is 3.11. The molecule has 0 aromatic carbocycles. The lowest BCUT2D eigenvalue weighted by atomic mass is 9.84. The topological polar surface area (TPSA) is 79.0 Å². The summed E-state index contributed by atoms with van der Waals surface area (Å²) in [5.41, 5.74) is -0.0157. The molecule has 1 aliphatic heterocycles. The van der Waals surface area contributed by atoms with Crippen LogP contribution >= 0.6 is 0 Å². The van der Waals surface area contributed by atoms with E-state index in [0.29, 0.717) is 11.6 Å². The van der Waals surface area contributed by atoms with Crippen LogP contribution in [0, 0.1) is 11.3 Å². The summed E-state index contributed by atoms with van der Waals surface area (Å²) in [4.78, 5) is 43.0. The monoisotopic (exact) mass is 465 g/mol. The third-order valence-electron chi connectivity index (χ3n) is 6.81. The van der Waals surface area contributed by atoms with Gasteiger partial charge >= 0.3 is 5.97 Å². The van der Waals surface area contributed by atoms with Crippen molar-refractivity contribution >= 4 is 17.8 Å². The fraction of sp³-hybridized carbons (Fsp3) is 0.808. The Balaban J connectivity index is 3.17. The van der Waals surface area contributed by atoms with Crippen LogP contribution in [-0.2, 0) is 19.1 Å². The minimum absolute atomic E-state index is 0.0703. The van der Waals surface area contributed by atoms with Crippen molar-refractivity contribution in [2.45, 2.75) is 105 Å². The van der Waals surface area contributed by atoms with Crippen molar-refractivity contribution in [3.63, 3.8) is 0 Å². The Hall–Kier alpha value is -1.89. The molecule has 1 N–H and O–H groups in total. The highest BCUT2D eigenvalue weighted by atomic mass is 16.5. The molecule has 7 heteroatoms. The van der Waals surface area contributed by atoms with Crippen LogP contribution in [0.4, 0.5) is 0 Å². The molecule has 0 spiro atoms. The third kappa shape index (κ3) is 7.83. The highest BCUT2D eigenvalue weighted by molar-refractivity contribution is 5.91. The van der Waals surface area contributed by atoms with Crippen molar-refractivity contribution in [2.75, 3.05) is 20.7 Å². The van der Waals surface area contributed by atoms with Gasteiger partial charge in [0.15, 0.2) is 0 Å². The number of rotatable bonds is 9. The van der Waals surface area contributed by atoms with Crippen LogP contribution in [0.1, 0.15) is 81.1 Å². The Bertz CT molecular complexity index is 711. The van der Waals surface area contributed by atoms with Crippen LogP contribution in [0.15, 0.2) is 11.6 Å². The summed E-state index contributed by atoms with van der Waals surface area (Å²) in [6.07, 6.45) is 5.69. The van der Waals surface area contributed by atoms with Gasteiger partial charge in [-0.05, 0) is 51.0 Å². The quantitative estimate of drug-likeness (QED) is 0.414. The first-order chi connectivity index (χ1) is 15.3. The molecule has 190 valence electrons. The second kappa shape index (κ2) is 12.5. The SMILES string of the molecule is CCC(C)N1CCCCC1C(=O)N[C@H](C(=O)N(C)[C@H](/C=C(\C)C(=O)OC)C(C)C)C(C)(C)C. The molecule has 33 heavy (non-hydrogen) atoms. The predicted octanol–water partition coefficient (Wildman–Crippen LogP) is 3.77. The number of carbonyl (C=O) groups excluding carboxylic acids is 3. The minimum atomic E-state index is -0.677. The fourth-order valence-electron chi connectivity index (χ4n) is 4.47. The maximum atomic E-state index is 13.7. The number of hydrogen-bond donors (Lipinski definition) is 1. The fourth-order valence-corrected chi connectivity index (χ4v) is 4.47. The van der Waals surface area contributed by atoms with Crippen LogP contribution in [0.2, 0.25) is 0 Å². The van der Waals surface area contributed by atoms with Gasteiger partial charge in [-0.25, -0.2) is 4.79 Å². The van der Waals surface area contributed by atoms with Crippen LogP contribution in [0.25, 0.3) is 0 Å². The first-order valence-electron chi connectivity index (χ1n) is 12.4. The molecule has 0 aromatic rings. The van der Waals surface area contributed by atoms with Crippen LogP contribution in [-0.4, -0.2) is 72.5 Å².